The predicted molar refractivity (Wildman–Crippen MR) is 99.5 cm³/mol. The van der Waals surface area contributed by atoms with Gasteiger partial charge in [0.2, 0.25) is 0 Å². The zero-order valence-corrected chi connectivity index (χ0v) is 16.4. The molecule has 1 N–H and O–H groups in total. The summed E-state index contributed by atoms with van der Waals surface area (Å²) in [5, 5.41) is 9.19. The predicted octanol–water partition coefficient (Wildman–Crippen LogP) is 3.34. The highest BCUT2D eigenvalue weighted by atomic mass is 19.4. The second kappa shape index (κ2) is 9.21. The van der Waals surface area contributed by atoms with E-state index in [1.807, 2.05) is 0 Å². The molecule has 2 heterocycles. The standard InChI is InChI=1S/C20H19F3N2O6/c1-29-14-4-2-12(3-5-14)8-25-13(10-31-19(25)28)9-30-11-16-15(18(26)27)6-7-17(24-16)20(21,22)23/h2-7,13H,8-11H2,1H3,(H,26,27). The maximum absolute atomic E-state index is 12.9. The Kier molecular flexibility index (Phi) is 6.64. The molecule has 31 heavy (non-hydrogen) atoms. The molecule has 1 fully saturated rings. The van der Waals surface area contributed by atoms with Gasteiger partial charge in [-0.05, 0) is 29.8 Å². The summed E-state index contributed by atoms with van der Waals surface area (Å²) >= 11 is 0. The number of hydrogen-bond donors (Lipinski definition) is 1. The maximum Gasteiger partial charge on any atom is 0.433 e. The third-order valence-electron chi connectivity index (χ3n) is 4.63. The molecule has 1 aromatic carbocycles. The molecule has 1 aromatic heterocycles. The van der Waals surface area contributed by atoms with E-state index in [0.29, 0.717) is 11.8 Å². The molecular formula is C20H19F3N2O6. The lowest BCUT2D eigenvalue weighted by molar-refractivity contribution is -0.141. The molecule has 166 valence electrons. The van der Waals surface area contributed by atoms with E-state index in [9.17, 15) is 27.9 Å². The van der Waals surface area contributed by atoms with Crippen molar-refractivity contribution in [3.05, 3.63) is 58.9 Å². The lowest BCUT2D eigenvalue weighted by atomic mass is 10.1. The Bertz CT molecular complexity index is 949. The lowest BCUT2D eigenvalue weighted by Crippen LogP contribution is -2.36. The summed E-state index contributed by atoms with van der Waals surface area (Å²) in [6.45, 7) is -0.263. The van der Waals surface area contributed by atoms with Gasteiger partial charge in [0.25, 0.3) is 0 Å². The fraction of sp³-hybridized carbons (Fsp3) is 0.350. The zero-order chi connectivity index (χ0) is 22.6. The summed E-state index contributed by atoms with van der Waals surface area (Å²) in [5.74, 6) is -0.754. The number of alkyl halides is 3. The van der Waals surface area contributed by atoms with E-state index in [4.69, 9.17) is 14.2 Å². The van der Waals surface area contributed by atoms with Crippen molar-refractivity contribution in [1.82, 2.24) is 9.88 Å². The van der Waals surface area contributed by atoms with Crippen molar-refractivity contribution in [3.63, 3.8) is 0 Å². The van der Waals surface area contributed by atoms with Crippen LogP contribution < -0.4 is 4.74 Å². The van der Waals surface area contributed by atoms with Crippen LogP contribution in [0.1, 0.15) is 27.3 Å². The van der Waals surface area contributed by atoms with Crippen molar-refractivity contribution < 1.29 is 42.1 Å². The van der Waals surface area contributed by atoms with Crippen LogP contribution in [-0.4, -0.2) is 53.4 Å². The number of nitrogens with zero attached hydrogens (tertiary/aromatic N) is 2. The van der Waals surface area contributed by atoms with Gasteiger partial charge in [-0.25, -0.2) is 14.6 Å². The smallest absolute Gasteiger partial charge is 0.433 e. The zero-order valence-electron chi connectivity index (χ0n) is 16.4. The average Bonchev–Trinajstić information content (AvgIpc) is 3.07. The first-order valence-corrected chi connectivity index (χ1v) is 9.13. The van der Waals surface area contributed by atoms with E-state index in [0.717, 1.165) is 11.6 Å². The molecule has 0 bridgehead atoms. The molecule has 0 aliphatic carbocycles. The summed E-state index contributed by atoms with van der Waals surface area (Å²) < 4.78 is 54.3. The van der Waals surface area contributed by atoms with Gasteiger partial charge in [0.1, 0.15) is 18.1 Å². The van der Waals surface area contributed by atoms with Gasteiger partial charge in [0.15, 0.2) is 0 Å². The van der Waals surface area contributed by atoms with Crippen LogP contribution >= 0.6 is 0 Å². The quantitative estimate of drug-likeness (QED) is 0.672. The number of carbonyl (C=O) groups excluding carboxylic acids is 1. The Morgan fingerprint density at radius 1 is 1.26 bits per heavy atom. The van der Waals surface area contributed by atoms with Crippen molar-refractivity contribution in [2.24, 2.45) is 0 Å². The molecule has 1 unspecified atom stereocenters. The normalized spacial score (nSPS) is 16.3. The third kappa shape index (κ3) is 5.43. The number of amides is 1. The number of cyclic esters (lactones) is 1. The van der Waals surface area contributed by atoms with E-state index >= 15 is 0 Å². The number of methoxy groups -OCH3 is 1. The van der Waals surface area contributed by atoms with Crippen LogP contribution in [0.4, 0.5) is 18.0 Å². The number of carboxylic acids is 1. The number of carboxylic acid groups (broad SMARTS) is 1. The highest BCUT2D eigenvalue weighted by molar-refractivity contribution is 5.88. The van der Waals surface area contributed by atoms with Crippen LogP contribution in [0.2, 0.25) is 0 Å². The third-order valence-corrected chi connectivity index (χ3v) is 4.63. The summed E-state index contributed by atoms with van der Waals surface area (Å²) in [6.07, 6.45) is -5.26. The number of aromatic nitrogens is 1. The van der Waals surface area contributed by atoms with Gasteiger partial charge in [0, 0.05) is 6.54 Å². The van der Waals surface area contributed by atoms with E-state index in [2.05, 4.69) is 4.98 Å². The number of carbonyl (C=O) groups is 2. The van der Waals surface area contributed by atoms with Crippen molar-refractivity contribution in [2.75, 3.05) is 20.3 Å². The van der Waals surface area contributed by atoms with Gasteiger partial charge in [0.05, 0.1) is 37.6 Å². The minimum atomic E-state index is -4.72. The van der Waals surface area contributed by atoms with Crippen LogP contribution in [0.15, 0.2) is 36.4 Å². The highest BCUT2D eigenvalue weighted by Gasteiger charge is 2.35. The molecule has 1 saturated heterocycles. The first kappa shape index (κ1) is 22.3. The largest absolute Gasteiger partial charge is 0.497 e. The SMILES string of the molecule is COc1ccc(CN2C(=O)OCC2COCc2nc(C(F)(F)F)ccc2C(=O)O)cc1. The van der Waals surface area contributed by atoms with Crippen LogP contribution in [0.3, 0.4) is 0 Å². The van der Waals surface area contributed by atoms with Crippen LogP contribution in [0.25, 0.3) is 0 Å². The Labute approximate surface area is 175 Å². The first-order chi connectivity index (χ1) is 14.7. The fourth-order valence-electron chi connectivity index (χ4n) is 3.00. The molecule has 2 aromatic rings. The number of rotatable bonds is 8. The molecule has 0 spiro atoms. The van der Waals surface area contributed by atoms with Crippen molar-refractivity contribution >= 4 is 12.1 Å². The molecule has 11 heteroatoms. The van der Waals surface area contributed by atoms with E-state index in [-0.39, 0.29) is 31.0 Å². The molecule has 1 atom stereocenters. The van der Waals surface area contributed by atoms with Crippen LogP contribution in [0.5, 0.6) is 5.75 Å². The van der Waals surface area contributed by atoms with Gasteiger partial charge in [-0.2, -0.15) is 13.2 Å². The number of hydrogen-bond acceptors (Lipinski definition) is 6. The number of pyridine rings is 1. The highest BCUT2D eigenvalue weighted by Crippen LogP contribution is 2.28. The van der Waals surface area contributed by atoms with Crippen molar-refractivity contribution in [1.29, 1.82) is 0 Å². The van der Waals surface area contributed by atoms with Crippen LogP contribution in [-0.2, 0) is 28.8 Å². The van der Waals surface area contributed by atoms with Gasteiger partial charge in [-0.15, -0.1) is 0 Å². The second-order valence-electron chi connectivity index (χ2n) is 6.72. The summed E-state index contributed by atoms with van der Waals surface area (Å²) in [6, 6.07) is 8.02. The van der Waals surface area contributed by atoms with Crippen molar-refractivity contribution in [3.8, 4) is 5.75 Å². The molecule has 1 amide bonds. The Hall–Kier alpha value is -3.34. The molecule has 1 aliphatic heterocycles. The molecule has 0 saturated carbocycles. The fourth-order valence-corrected chi connectivity index (χ4v) is 3.00. The van der Waals surface area contributed by atoms with Crippen LogP contribution in [0, 0.1) is 0 Å². The Morgan fingerprint density at radius 3 is 2.58 bits per heavy atom. The number of benzene rings is 1. The molecule has 1 aliphatic rings. The number of ether oxygens (including phenoxy) is 3. The lowest BCUT2D eigenvalue weighted by Gasteiger charge is -2.21. The van der Waals surface area contributed by atoms with E-state index in [1.54, 1.807) is 24.3 Å². The van der Waals surface area contributed by atoms with E-state index in [1.165, 1.54) is 12.0 Å². The summed E-state index contributed by atoms with van der Waals surface area (Å²) in [4.78, 5) is 28.2. The molecule has 3 rings (SSSR count). The maximum atomic E-state index is 12.9. The van der Waals surface area contributed by atoms with Gasteiger partial charge in [-0.1, -0.05) is 12.1 Å². The van der Waals surface area contributed by atoms with Gasteiger partial charge < -0.3 is 19.3 Å². The molecule has 0 radical (unpaired) electrons. The molecular weight excluding hydrogens is 421 g/mol. The van der Waals surface area contributed by atoms with E-state index < -0.39 is 36.6 Å². The Morgan fingerprint density at radius 2 is 1.97 bits per heavy atom. The monoisotopic (exact) mass is 440 g/mol. The van der Waals surface area contributed by atoms with Gasteiger partial charge in [-0.3, -0.25) is 4.90 Å². The number of halogens is 3. The number of aromatic carboxylic acids is 1. The van der Waals surface area contributed by atoms with Crippen molar-refractivity contribution in [2.45, 2.75) is 25.4 Å². The average molecular weight is 440 g/mol. The minimum Gasteiger partial charge on any atom is -0.497 e. The topological polar surface area (TPSA) is 98.2 Å². The molecule has 8 nitrogen and oxygen atoms in total. The second-order valence-corrected chi connectivity index (χ2v) is 6.72. The minimum absolute atomic E-state index is 0.0385. The summed E-state index contributed by atoms with van der Waals surface area (Å²) in [5.41, 5.74) is -1.13. The first-order valence-electron chi connectivity index (χ1n) is 9.13. The Balaban J connectivity index is 1.66. The summed E-state index contributed by atoms with van der Waals surface area (Å²) in [7, 11) is 1.54. The van der Waals surface area contributed by atoms with Gasteiger partial charge >= 0.3 is 18.2 Å².